The lowest BCUT2D eigenvalue weighted by atomic mass is 10.0. The van der Waals surface area contributed by atoms with Crippen LogP contribution in [0.3, 0.4) is 0 Å². The molecule has 0 bridgehead atoms. The molecule has 1 fully saturated rings. The molecule has 3 unspecified atom stereocenters. The summed E-state index contributed by atoms with van der Waals surface area (Å²) in [5.74, 6) is -0.271. The average molecular weight is 288 g/mol. The Balaban J connectivity index is 2.21. The number of hydrogen-bond donors (Lipinski definition) is 4. The Labute approximate surface area is 118 Å². The number of amides is 2. The van der Waals surface area contributed by atoms with Crippen molar-refractivity contribution < 1.29 is 24.9 Å². The van der Waals surface area contributed by atoms with Gasteiger partial charge in [0, 0.05) is 25.4 Å². The van der Waals surface area contributed by atoms with Crippen molar-refractivity contribution in [2.45, 2.75) is 44.8 Å². The van der Waals surface area contributed by atoms with Crippen molar-refractivity contribution in [1.82, 2.24) is 10.2 Å². The number of aliphatic hydroxyl groups excluding tert-OH is 2. The van der Waals surface area contributed by atoms with Gasteiger partial charge in [-0.2, -0.15) is 0 Å². The Hall–Kier alpha value is -1.34. The molecular formula is C13H24N2O5. The number of aliphatic hydroxyl groups is 2. The largest absolute Gasteiger partial charge is 0.465 e. The van der Waals surface area contributed by atoms with Gasteiger partial charge >= 0.3 is 6.09 Å². The minimum absolute atomic E-state index is 0.0151. The first-order valence-corrected chi connectivity index (χ1v) is 7.02. The molecule has 1 saturated heterocycles. The molecule has 0 aromatic rings. The smallest absolute Gasteiger partial charge is 0.404 e. The zero-order valence-corrected chi connectivity index (χ0v) is 11.8. The van der Waals surface area contributed by atoms with Crippen molar-refractivity contribution in [1.29, 1.82) is 0 Å². The second-order valence-corrected chi connectivity index (χ2v) is 5.26. The average Bonchev–Trinajstić information content (AvgIpc) is 2.69. The summed E-state index contributed by atoms with van der Waals surface area (Å²) in [4.78, 5) is 23.9. The van der Waals surface area contributed by atoms with E-state index in [1.807, 2.05) is 0 Å². The van der Waals surface area contributed by atoms with Crippen LogP contribution in [0.1, 0.15) is 32.6 Å². The predicted molar refractivity (Wildman–Crippen MR) is 72.3 cm³/mol. The van der Waals surface area contributed by atoms with Gasteiger partial charge in [-0.1, -0.05) is 6.42 Å². The van der Waals surface area contributed by atoms with Gasteiger partial charge in [-0.25, -0.2) is 4.79 Å². The fourth-order valence-corrected chi connectivity index (χ4v) is 2.52. The summed E-state index contributed by atoms with van der Waals surface area (Å²) in [7, 11) is 0. The molecule has 0 aromatic heterocycles. The van der Waals surface area contributed by atoms with E-state index in [2.05, 4.69) is 5.32 Å². The van der Waals surface area contributed by atoms with Crippen molar-refractivity contribution in [2.75, 3.05) is 19.7 Å². The molecule has 0 spiro atoms. The molecule has 1 aliphatic heterocycles. The van der Waals surface area contributed by atoms with E-state index in [0.717, 1.165) is 6.42 Å². The van der Waals surface area contributed by atoms with Gasteiger partial charge in [0.05, 0.1) is 18.8 Å². The molecule has 7 heteroatoms. The molecule has 1 heterocycles. The van der Waals surface area contributed by atoms with Gasteiger partial charge in [-0.15, -0.1) is 0 Å². The van der Waals surface area contributed by atoms with Crippen LogP contribution in [0.5, 0.6) is 0 Å². The van der Waals surface area contributed by atoms with Gasteiger partial charge in [-0.3, -0.25) is 4.79 Å². The molecule has 0 aliphatic carbocycles. The number of carbonyl (C=O) groups is 2. The van der Waals surface area contributed by atoms with Gasteiger partial charge < -0.3 is 25.5 Å². The lowest BCUT2D eigenvalue weighted by molar-refractivity contribution is -0.132. The summed E-state index contributed by atoms with van der Waals surface area (Å²) in [5, 5.41) is 29.6. The van der Waals surface area contributed by atoms with Crippen molar-refractivity contribution in [2.24, 2.45) is 5.92 Å². The minimum atomic E-state index is -1.03. The summed E-state index contributed by atoms with van der Waals surface area (Å²) < 4.78 is 0. The molecule has 1 aliphatic rings. The van der Waals surface area contributed by atoms with Crippen LogP contribution in [0.25, 0.3) is 0 Å². The first kappa shape index (κ1) is 16.7. The SMILES string of the molecule is CC1C(O)C(CO)CN1C(=O)CCCCCNC(=O)O. The highest BCUT2D eigenvalue weighted by Crippen LogP contribution is 2.24. The van der Waals surface area contributed by atoms with Gasteiger partial charge in [0.2, 0.25) is 5.91 Å². The second-order valence-electron chi connectivity index (χ2n) is 5.26. The van der Waals surface area contributed by atoms with E-state index in [9.17, 15) is 14.7 Å². The van der Waals surface area contributed by atoms with E-state index < -0.39 is 12.2 Å². The summed E-state index contributed by atoms with van der Waals surface area (Å²) in [6.07, 6.45) is 0.877. The molecule has 4 N–H and O–H groups in total. The summed E-state index contributed by atoms with van der Waals surface area (Å²) >= 11 is 0. The molecule has 20 heavy (non-hydrogen) atoms. The Bertz CT molecular complexity index is 337. The quantitative estimate of drug-likeness (QED) is 0.493. The van der Waals surface area contributed by atoms with E-state index in [1.165, 1.54) is 0 Å². The lowest BCUT2D eigenvalue weighted by Crippen LogP contribution is -2.37. The van der Waals surface area contributed by atoms with Gasteiger partial charge in [0.25, 0.3) is 0 Å². The van der Waals surface area contributed by atoms with Crippen LogP contribution in [-0.4, -0.2) is 64.1 Å². The Morgan fingerprint density at radius 1 is 1.30 bits per heavy atom. The maximum absolute atomic E-state index is 12.0. The van der Waals surface area contributed by atoms with E-state index in [4.69, 9.17) is 10.2 Å². The Morgan fingerprint density at radius 3 is 2.55 bits per heavy atom. The van der Waals surface area contributed by atoms with Gasteiger partial charge in [0.1, 0.15) is 0 Å². The van der Waals surface area contributed by atoms with Crippen molar-refractivity contribution in [3.63, 3.8) is 0 Å². The topological polar surface area (TPSA) is 110 Å². The third-order valence-corrected chi connectivity index (χ3v) is 3.80. The second kappa shape index (κ2) is 8.06. The van der Waals surface area contributed by atoms with E-state index in [1.54, 1.807) is 11.8 Å². The zero-order chi connectivity index (χ0) is 15.1. The first-order chi connectivity index (χ1) is 9.47. The highest BCUT2D eigenvalue weighted by atomic mass is 16.4. The van der Waals surface area contributed by atoms with Crippen LogP contribution < -0.4 is 5.32 Å². The third-order valence-electron chi connectivity index (χ3n) is 3.80. The predicted octanol–water partition coefficient (Wildman–Crippen LogP) is 0.0145. The zero-order valence-electron chi connectivity index (χ0n) is 11.8. The summed E-state index contributed by atoms with van der Waals surface area (Å²) in [5.41, 5.74) is 0. The van der Waals surface area contributed by atoms with Crippen LogP contribution in [-0.2, 0) is 4.79 Å². The highest BCUT2D eigenvalue weighted by Gasteiger charge is 2.39. The monoisotopic (exact) mass is 288 g/mol. The summed E-state index contributed by atoms with van der Waals surface area (Å²) in [6.45, 7) is 2.47. The number of nitrogens with one attached hydrogen (secondary N) is 1. The maximum Gasteiger partial charge on any atom is 0.404 e. The molecule has 3 atom stereocenters. The summed E-state index contributed by atoms with van der Waals surface area (Å²) in [6, 6.07) is -0.256. The highest BCUT2D eigenvalue weighted by molar-refractivity contribution is 5.77. The third kappa shape index (κ3) is 4.64. The van der Waals surface area contributed by atoms with Crippen LogP contribution in [0.15, 0.2) is 0 Å². The fourth-order valence-electron chi connectivity index (χ4n) is 2.52. The minimum Gasteiger partial charge on any atom is -0.465 e. The maximum atomic E-state index is 12.0. The Morgan fingerprint density at radius 2 is 2.00 bits per heavy atom. The van der Waals surface area contributed by atoms with E-state index >= 15 is 0 Å². The van der Waals surface area contributed by atoms with Gasteiger partial charge in [0.15, 0.2) is 0 Å². The number of unbranched alkanes of at least 4 members (excludes halogenated alkanes) is 2. The van der Waals surface area contributed by atoms with Gasteiger partial charge in [-0.05, 0) is 19.8 Å². The van der Waals surface area contributed by atoms with E-state index in [0.29, 0.717) is 32.4 Å². The molecule has 0 radical (unpaired) electrons. The van der Waals surface area contributed by atoms with E-state index in [-0.39, 0.29) is 24.5 Å². The standard InChI is InChI=1S/C13H24N2O5/c1-9-12(18)10(8-16)7-15(9)11(17)5-3-2-4-6-14-13(19)20/h9-10,12,14,16,18H,2-8H2,1H3,(H,19,20). The lowest BCUT2D eigenvalue weighted by Gasteiger charge is -2.22. The van der Waals surface area contributed by atoms with Crippen LogP contribution in [0, 0.1) is 5.92 Å². The van der Waals surface area contributed by atoms with Crippen molar-refractivity contribution in [3.05, 3.63) is 0 Å². The number of likely N-dealkylation sites (tertiary alicyclic amines) is 1. The molecular weight excluding hydrogens is 264 g/mol. The van der Waals surface area contributed by atoms with Crippen LogP contribution in [0.4, 0.5) is 4.79 Å². The molecule has 1 rings (SSSR count). The van der Waals surface area contributed by atoms with Crippen LogP contribution >= 0.6 is 0 Å². The van der Waals surface area contributed by atoms with Crippen LogP contribution in [0.2, 0.25) is 0 Å². The van der Waals surface area contributed by atoms with Crippen molar-refractivity contribution in [3.8, 4) is 0 Å². The molecule has 0 saturated carbocycles. The molecule has 2 amide bonds. The number of hydrogen-bond acceptors (Lipinski definition) is 4. The fraction of sp³-hybridized carbons (Fsp3) is 0.846. The number of nitrogens with zero attached hydrogens (tertiary/aromatic N) is 1. The first-order valence-electron chi connectivity index (χ1n) is 7.02. The number of carboxylic acid groups (broad SMARTS) is 1. The molecule has 116 valence electrons. The number of carbonyl (C=O) groups excluding carboxylic acids is 1. The Kier molecular flexibility index (Phi) is 6.74. The van der Waals surface area contributed by atoms with Crippen molar-refractivity contribution >= 4 is 12.0 Å². The molecule has 0 aromatic carbocycles. The number of rotatable bonds is 7. The molecule has 7 nitrogen and oxygen atoms in total. The normalized spacial score (nSPS) is 25.8.